The van der Waals surface area contributed by atoms with E-state index < -0.39 is 0 Å². The Morgan fingerprint density at radius 3 is 2.68 bits per heavy atom. The van der Waals surface area contributed by atoms with E-state index in [1.165, 1.54) is 11.3 Å². The molecule has 148 valence electrons. The Morgan fingerprint density at radius 1 is 1.21 bits per heavy atom. The van der Waals surface area contributed by atoms with Crippen molar-refractivity contribution < 1.29 is 4.79 Å². The van der Waals surface area contributed by atoms with Crippen LogP contribution < -0.4 is 0 Å². The van der Waals surface area contributed by atoms with Crippen molar-refractivity contribution >= 4 is 5.91 Å². The number of amides is 1. The molecule has 1 spiro atoms. The molecule has 1 aromatic carbocycles. The summed E-state index contributed by atoms with van der Waals surface area (Å²) >= 11 is 0. The van der Waals surface area contributed by atoms with Gasteiger partial charge in [-0.25, -0.2) is 4.98 Å². The number of hydrogen-bond donors (Lipinski definition) is 1. The van der Waals surface area contributed by atoms with Crippen LogP contribution in [0.1, 0.15) is 55.5 Å². The van der Waals surface area contributed by atoms with E-state index in [9.17, 15) is 4.79 Å². The third-order valence-corrected chi connectivity index (χ3v) is 7.04. The molecule has 1 atom stereocenters. The molecular weight excluding hydrogens is 348 g/mol. The number of likely N-dealkylation sites (tertiary alicyclic amines) is 1. The topological polar surface area (TPSA) is 52.2 Å². The minimum Gasteiger partial charge on any atom is -0.348 e. The molecular formula is C23H30N4O. The Bertz CT molecular complexity index is 833. The summed E-state index contributed by atoms with van der Waals surface area (Å²) in [6.45, 7) is 6.28. The molecule has 5 heteroatoms. The normalized spacial score (nSPS) is 22.8. The van der Waals surface area contributed by atoms with Crippen molar-refractivity contribution in [2.24, 2.45) is 5.92 Å². The van der Waals surface area contributed by atoms with Crippen LogP contribution in [0.3, 0.4) is 0 Å². The Morgan fingerprint density at radius 2 is 1.96 bits per heavy atom. The zero-order valence-corrected chi connectivity index (χ0v) is 16.7. The second-order valence-corrected chi connectivity index (χ2v) is 8.89. The second kappa shape index (κ2) is 7.03. The lowest BCUT2D eigenvalue weighted by Crippen LogP contribution is -2.58. The van der Waals surface area contributed by atoms with Crippen LogP contribution in [0.4, 0.5) is 0 Å². The van der Waals surface area contributed by atoms with Crippen molar-refractivity contribution in [2.75, 3.05) is 26.2 Å². The predicted molar refractivity (Wildman–Crippen MR) is 109 cm³/mol. The van der Waals surface area contributed by atoms with Gasteiger partial charge in [0.05, 0.1) is 17.6 Å². The number of rotatable bonds is 4. The molecule has 5 nitrogen and oxygen atoms in total. The molecule has 1 amide bonds. The first-order chi connectivity index (χ1) is 13.7. The van der Waals surface area contributed by atoms with Gasteiger partial charge in [0.15, 0.2) is 0 Å². The average molecular weight is 379 g/mol. The number of aromatic amines is 1. The standard InChI is InChI=1S/C23H30N4O/c1-17(18-5-3-2-4-6-18)15-26-13-10-23(11-14-26)21-20(24-16-25-21)9-12-27(23)22(28)19-7-8-19/h2-6,16-17,19H,7-15H2,1H3,(H,24,25)/t17-/m1/s1. The van der Waals surface area contributed by atoms with E-state index in [1.54, 1.807) is 0 Å². The quantitative estimate of drug-likeness (QED) is 0.888. The van der Waals surface area contributed by atoms with Crippen molar-refractivity contribution in [1.29, 1.82) is 0 Å². The fraction of sp³-hybridized carbons (Fsp3) is 0.565. The molecule has 1 aromatic heterocycles. The zero-order chi connectivity index (χ0) is 19.1. The first-order valence-corrected chi connectivity index (χ1v) is 10.8. The van der Waals surface area contributed by atoms with E-state index in [2.05, 4.69) is 52.0 Å². The SMILES string of the molecule is C[C@H](CN1CCC2(CC1)c1nc[nH]c1CCN2C(=O)C1CC1)c1ccccc1. The molecule has 2 aromatic rings. The third-order valence-electron chi connectivity index (χ3n) is 7.04. The van der Waals surface area contributed by atoms with Crippen LogP contribution >= 0.6 is 0 Å². The van der Waals surface area contributed by atoms with Crippen molar-refractivity contribution in [3.8, 4) is 0 Å². The molecule has 1 aliphatic carbocycles. The van der Waals surface area contributed by atoms with Gasteiger partial charge in [-0.15, -0.1) is 0 Å². The van der Waals surface area contributed by atoms with E-state index in [0.717, 1.165) is 64.0 Å². The van der Waals surface area contributed by atoms with Gasteiger partial charge in [-0.05, 0) is 37.2 Å². The van der Waals surface area contributed by atoms with Gasteiger partial charge in [0.1, 0.15) is 0 Å². The van der Waals surface area contributed by atoms with E-state index in [0.29, 0.717) is 11.8 Å². The summed E-state index contributed by atoms with van der Waals surface area (Å²) < 4.78 is 0. The monoisotopic (exact) mass is 378 g/mol. The van der Waals surface area contributed by atoms with Crippen molar-refractivity contribution in [3.63, 3.8) is 0 Å². The smallest absolute Gasteiger partial charge is 0.226 e. The molecule has 1 N–H and O–H groups in total. The summed E-state index contributed by atoms with van der Waals surface area (Å²) in [4.78, 5) is 25.9. The number of hydrogen-bond acceptors (Lipinski definition) is 3. The first-order valence-electron chi connectivity index (χ1n) is 10.8. The predicted octanol–water partition coefficient (Wildman–Crippen LogP) is 3.30. The van der Waals surface area contributed by atoms with E-state index >= 15 is 0 Å². The van der Waals surface area contributed by atoms with Gasteiger partial charge in [-0.3, -0.25) is 4.79 Å². The van der Waals surface area contributed by atoms with Crippen molar-refractivity contribution in [2.45, 2.75) is 50.5 Å². The second-order valence-electron chi connectivity index (χ2n) is 8.89. The third kappa shape index (κ3) is 3.06. The molecule has 28 heavy (non-hydrogen) atoms. The van der Waals surface area contributed by atoms with E-state index in [4.69, 9.17) is 4.98 Å². The maximum Gasteiger partial charge on any atom is 0.226 e. The molecule has 1 saturated heterocycles. The zero-order valence-electron chi connectivity index (χ0n) is 16.7. The van der Waals surface area contributed by atoms with E-state index in [-0.39, 0.29) is 11.5 Å². The Balaban J connectivity index is 1.33. The van der Waals surface area contributed by atoms with Crippen LogP contribution in [0.25, 0.3) is 0 Å². The number of imidazole rings is 1. The maximum absolute atomic E-state index is 13.1. The van der Waals surface area contributed by atoms with Gasteiger partial charge in [0.2, 0.25) is 5.91 Å². The summed E-state index contributed by atoms with van der Waals surface area (Å²) in [5, 5.41) is 0. The summed E-state index contributed by atoms with van der Waals surface area (Å²) in [6.07, 6.45) is 6.85. The number of carbonyl (C=O) groups is 1. The summed E-state index contributed by atoms with van der Waals surface area (Å²) in [6, 6.07) is 10.8. The highest BCUT2D eigenvalue weighted by Crippen LogP contribution is 2.45. The van der Waals surface area contributed by atoms with Crippen LogP contribution in [0.2, 0.25) is 0 Å². The van der Waals surface area contributed by atoms with Crippen LogP contribution in [0.15, 0.2) is 36.7 Å². The van der Waals surface area contributed by atoms with Crippen LogP contribution in [-0.2, 0) is 16.8 Å². The average Bonchev–Trinajstić information content (AvgIpc) is 3.47. The Labute approximate surface area is 167 Å². The van der Waals surface area contributed by atoms with Gasteiger partial charge < -0.3 is 14.8 Å². The first kappa shape index (κ1) is 17.9. The number of benzene rings is 1. The number of nitrogens with one attached hydrogen (secondary N) is 1. The summed E-state index contributed by atoms with van der Waals surface area (Å²) in [5.41, 5.74) is 3.59. The van der Waals surface area contributed by atoms with Crippen LogP contribution in [0.5, 0.6) is 0 Å². The number of carbonyl (C=O) groups excluding carboxylic acids is 1. The lowest BCUT2D eigenvalue weighted by Gasteiger charge is -2.51. The number of fused-ring (bicyclic) bond motifs is 2. The van der Waals surface area contributed by atoms with Gasteiger partial charge in [-0.1, -0.05) is 37.3 Å². The molecule has 3 aliphatic rings. The van der Waals surface area contributed by atoms with Crippen molar-refractivity contribution in [3.05, 3.63) is 53.6 Å². The number of aromatic nitrogens is 2. The number of piperidine rings is 1. The summed E-state index contributed by atoms with van der Waals surface area (Å²) in [7, 11) is 0. The fourth-order valence-electron chi connectivity index (χ4n) is 5.24. The van der Waals surface area contributed by atoms with Crippen LogP contribution in [0, 0.1) is 5.92 Å². The molecule has 0 unspecified atom stereocenters. The molecule has 0 bridgehead atoms. The van der Waals surface area contributed by atoms with E-state index in [1.807, 2.05) is 6.33 Å². The number of H-pyrrole nitrogens is 1. The highest BCUT2D eigenvalue weighted by Gasteiger charge is 2.50. The molecule has 3 heterocycles. The lowest BCUT2D eigenvalue weighted by atomic mass is 9.78. The Kier molecular flexibility index (Phi) is 4.50. The van der Waals surface area contributed by atoms with Gasteiger partial charge >= 0.3 is 0 Å². The molecule has 2 aliphatic heterocycles. The van der Waals surface area contributed by atoms with Gasteiger partial charge in [0.25, 0.3) is 0 Å². The van der Waals surface area contributed by atoms with Gasteiger partial charge in [-0.2, -0.15) is 0 Å². The van der Waals surface area contributed by atoms with Gasteiger partial charge in [0, 0.05) is 44.2 Å². The minimum absolute atomic E-state index is 0.195. The molecule has 0 radical (unpaired) electrons. The lowest BCUT2D eigenvalue weighted by molar-refractivity contribution is -0.143. The van der Waals surface area contributed by atoms with Crippen molar-refractivity contribution in [1.82, 2.24) is 19.8 Å². The van der Waals surface area contributed by atoms with Crippen LogP contribution in [-0.4, -0.2) is 51.9 Å². The molecule has 1 saturated carbocycles. The highest BCUT2D eigenvalue weighted by atomic mass is 16.2. The largest absolute Gasteiger partial charge is 0.348 e. The highest BCUT2D eigenvalue weighted by molar-refractivity contribution is 5.82. The molecule has 2 fully saturated rings. The number of nitrogens with zero attached hydrogens (tertiary/aromatic N) is 3. The fourth-order valence-corrected chi connectivity index (χ4v) is 5.24. The maximum atomic E-state index is 13.1. The Hall–Kier alpha value is -2.14. The minimum atomic E-state index is -0.195. The molecule has 5 rings (SSSR count). The summed E-state index contributed by atoms with van der Waals surface area (Å²) in [5.74, 6) is 1.17.